The molecule has 0 amide bonds. The minimum absolute atomic E-state index is 0. The molecule has 0 spiro atoms. The van der Waals surface area contributed by atoms with Crippen molar-refractivity contribution in [1.29, 1.82) is 0 Å². The van der Waals surface area contributed by atoms with Gasteiger partial charge >= 0.3 is 6.18 Å². The molecule has 31 heavy (non-hydrogen) atoms. The number of piperidine rings is 1. The summed E-state index contributed by atoms with van der Waals surface area (Å²) in [4.78, 5) is 5.87. The van der Waals surface area contributed by atoms with Crippen molar-refractivity contribution in [3.63, 3.8) is 0 Å². The number of alkyl halides is 3. The maximum Gasteiger partial charge on any atom is 0.401 e. The molecule has 0 aromatic heterocycles. The van der Waals surface area contributed by atoms with Gasteiger partial charge < -0.3 is 15.4 Å². The minimum atomic E-state index is -4.11. The van der Waals surface area contributed by atoms with Gasteiger partial charge in [-0.15, -0.1) is 24.0 Å². The summed E-state index contributed by atoms with van der Waals surface area (Å²) < 4.78 is 43.7. The van der Waals surface area contributed by atoms with Crippen LogP contribution in [0, 0.1) is 5.92 Å². The van der Waals surface area contributed by atoms with Gasteiger partial charge in [0.05, 0.1) is 12.6 Å². The molecule has 1 fully saturated rings. The fraction of sp³-hybridized carbons (Fsp3) is 0.682. The molecule has 0 aliphatic carbocycles. The van der Waals surface area contributed by atoms with Gasteiger partial charge in [0.25, 0.3) is 0 Å². The summed E-state index contributed by atoms with van der Waals surface area (Å²) in [6.07, 6.45) is -0.737. The lowest BCUT2D eigenvalue weighted by molar-refractivity contribution is -0.148. The molecule has 0 radical (unpaired) electrons. The second kappa shape index (κ2) is 11.1. The number of nitrogens with zero attached hydrogens (tertiary/aromatic N) is 2. The summed E-state index contributed by atoms with van der Waals surface area (Å²) in [6, 6.07) is 8.15. The molecular weight excluding hydrogens is 520 g/mol. The van der Waals surface area contributed by atoms with Crippen LogP contribution in [0.25, 0.3) is 0 Å². The van der Waals surface area contributed by atoms with Crippen molar-refractivity contribution < 1.29 is 17.9 Å². The number of para-hydroxylation sites is 1. The lowest BCUT2D eigenvalue weighted by Gasteiger charge is -2.38. The largest absolute Gasteiger partial charge is 0.487 e. The van der Waals surface area contributed by atoms with Gasteiger partial charge in [-0.05, 0) is 58.2 Å². The molecule has 2 heterocycles. The zero-order valence-corrected chi connectivity index (χ0v) is 20.8. The molecule has 3 rings (SSSR count). The first-order valence-electron chi connectivity index (χ1n) is 10.7. The highest BCUT2D eigenvalue weighted by Crippen LogP contribution is 2.39. The third kappa shape index (κ3) is 8.00. The van der Waals surface area contributed by atoms with E-state index in [0.717, 1.165) is 49.5 Å². The van der Waals surface area contributed by atoms with Crippen molar-refractivity contribution in [3.05, 3.63) is 29.8 Å². The molecular formula is C22H34F3IN4O. The van der Waals surface area contributed by atoms with E-state index in [4.69, 9.17) is 4.74 Å². The van der Waals surface area contributed by atoms with Crippen molar-refractivity contribution in [3.8, 4) is 5.75 Å². The van der Waals surface area contributed by atoms with Crippen molar-refractivity contribution in [2.24, 2.45) is 10.9 Å². The zero-order valence-electron chi connectivity index (χ0n) is 18.5. The monoisotopic (exact) mass is 554 g/mol. The number of aliphatic imine (C=N–C) groups is 1. The van der Waals surface area contributed by atoms with Gasteiger partial charge in [0.2, 0.25) is 0 Å². The Bertz CT molecular complexity index is 734. The maximum absolute atomic E-state index is 12.5. The van der Waals surface area contributed by atoms with Crippen LogP contribution in [0.2, 0.25) is 0 Å². The number of benzene rings is 1. The van der Waals surface area contributed by atoms with E-state index in [2.05, 4.69) is 35.5 Å². The van der Waals surface area contributed by atoms with E-state index < -0.39 is 12.7 Å². The van der Waals surface area contributed by atoms with Crippen molar-refractivity contribution in [2.45, 2.75) is 57.3 Å². The number of guanidine groups is 1. The van der Waals surface area contributed by atoms with Gasteiger partial charge in [-0.25, -0.2) is 0 Å². The van der Waals surface area contributed by atoms with Gasteiger partial charge in [0, 0.05) is 25.6 Å². The summed E-state index contributed by atoms with van der Waals surface area (Å²) in [5.41, 5.74) is 0.853. The summed E-state index contributed by atoms with van der Waals surface area (Å²) in [7, 11) is 1.75. The predicted molar refractivity (Wildman–Crippen MR) is 128 cm³/mol. The molecule has 0 saturated carbocycles. The number of likely N-dealkylation sites (tertiary alicyclic amines) is 1. The molecule has 9 heteroatoms. The van der Waals surface area contributed by atoms with Gasteiger partial charge in [-0.1, -0.05) is 18.2 Å². The van der Waals surface area contributed by atoms with E-state index in [9.17, 15) is 13.2 Å². The second-order valence-electron chi connectivity index (χ2n) is 8.92. The quantitative estimate of drug-likeness (QED) is 0.314. The van der Waals surface area contributed by atoms with E-state index in [1.54, 1.807) is 7.05 Å². The van der Waals surface area contributed by atoms with Gasteiger partial charge in [-0.2, -0.15) is 13.2 Å². The van der Waals surface area contributed by atoms with E-state index in [1.165, 1.54) is 4.90 Å². The number of hydrogen-bond acceptors (Lipinski definition) is 3. The third-order valence-corrected chi connectivity index (χ3v) is 5.87. The average molecular weight is 554 g/mol. The molecule has 2 N–H and O–H groups in total. The molecule has 1 aromatic carbocycles. The Balaban J connectivity index is 0.00000341. The molecule has 5 nitrogen and oxygen atoms in total. The summed E-state index contributed by atoms with van der Waals surface area (Å²) in [6.45, 7) is 5.16. The molecule has 176 valence electrons. The Hall–Kier alpha value is -1.23. The van der Waals surface area contributed by atoms with Gasteiger partial charge in [-0.3, -0.25) is 9.89 Å². The van der Waals surface area contributed by atoms with E-state index >= 15 is 0 Å². The summed E-state index contributed by atoms with van der Waals surface area (Å²) in [5, 5.41) is 6.89. The Morgan fingerprint density at radius 1 is 1.23 bits per heavy atom. The van der Waals surface area contributed by atoms with Crippen LogP contribution in [0.4, 0.5) is 13.2 Å². The first-order chi connectivity index (χ1) is 14.1. The summed E-state index contributed by atoms with van der Waals surface area (Å²) >= 11 is 0. The smallest absolute Gasteiger partial charge is 0.401 e. The van der Waals surface area contributed by atoms with E-state index in [1.807, 2.05) is 18.2 Å². The SMILES string of the molecule is CN=C(NCCC1CCN(CC(F)(F)F)CC1)NC1CC(C)(C)Oc2ccccc21.I. The Morgan fingerprint density at radius 2 is 1.90 bits per heavy atom. The van der Waals surface area contributed by atoms with Crippen molar-refractivity contribution >= 4 is 29.9 Å². The van der Waals surface area contributed by atoms with Crippen LogP contribution in [-0.2, 0) is 0 Å². The number of fused-ring (bicyclic) bond motifs is 1. The van der Waals surface area contributed by atoms with Crippen LogP contribution in [0.1, 0.15) is 51.1 Å². The van der Waals surface area contributed by atoms with Crippen LogP contribution in [0.15, 0.2) is 29.3 Å². The topological polar surface area (TPSA) is 48.9 Å². The van der Waals surface area contributed by atoms with E-state index in [0.29, 0.717) is 19.0 Å². The van der Waals surface area contributed by atoms with Crippen molar-refractivity contribution in [1.82, 2.24) is 15.5 Å². The molecule has 1 unspecified atom stereocenters. The van der Waals surface area contributed by atoms with E-state index in [-0.39, 0.29) is 35.6 Å². The summed E-state index contributed by atoms with van der Waals surface area (Å²) in [5.74, 6) is 2.08. The molecule has 2 aliphatic rings. The first-order valence-corrected chi connectivity index (χ1v) is 10.7. The lowest BCUT2D eigenvalue weighted by atomic mass is 9.90. The molecule has 2 aliphatic heterocycles. The number of hydrogen-bond donors (Lipinski definition) is 2. The van der Waals surface area contributed by atoms with Gasteiger partial charge in [0.15, 0.2) is 5.96 Å². The molecule has 1 atom stereocenters. The Labute approximate surface area is 200 Å². The number of ether oxygens (including phenoxy) is 1. The highest BCUT2D eigenvalue weighted by Gasteiger charge is 2.34. The fourth-order valence-corrected chi connectivity index (χ4v) is 4.37. The lowest BCUT2D eigenvalue weighted by Crippen LogP contribution is -2.46. The zero-order chi connectivity index (χ0) is 21.8. The normalized spacial score (nSPS) is 22.1. The highest BCUT2D eigenvalue weighted by atomic mass is 127. The maximum atomic E-state index is 12.5. The van der Waals surface area contributed by atoms with Gasteiger partial charge in [0.1, 0.15) is 11.4 Å². The minimum Gasteiger partial charge on any atom is -0.487 e. The Morgan fingerprint density at radius 3 is 2.55 bits per heavy atom. The number of nitrogens with one attached hydrogen (secondary N) is 2. The Kier molecular flexibility index (Phi) is 9.29. The van der Waals surface area contributed by atoms with Crippen LogP contribution in [0.5, 0.6) is 5.75 Å². The molecule has 1 aromatic rings. The molecule has 1 saturated heterocycles. The van der Waals surface area contributed by atoms with Crippen LogP contribution >= 0.6 is 24.0 Å². The standard InChI is InChI=1S/C22H33F3N4O.HI/c1-21(2)14-18(17-6-4-5-7-19(17)30-21)28-20(26-3)27-11-8-16-9-12-29(13-10-16)15-22(23,24)25;/h4-7,16,18H,8-15H2,1-3H3,(H2,26,27,28);1H. The number of rotatable bonds is 5. The average Bonchev–Trinajstić information content (AvgIpc) is 2.66. The third-order valence-electron chi connectivity index (χ3n) is 5.87. The van der Waals surface area contributed by atoms with Crippen LogP contribution in [0.3, 0.4) is 0 Å². The first kappa shape index (κ1) is 26.0. The second-order valence-corrected chi connectivity index (χ2v) is 8.92. The van der Waals surface area contributed by atoms with Crippen LogP contribution < -0.4 is 15.4 Å². The van der Waals surface area contributed by atoms with Crippen molar-refractivity contribution in [2.75, 3.05) is 33.2 Å². The number of halogens is 4. The molecule has 0 bridgehead atoms. The highest BCUT2D eigenvalue weighted by molar-refractivity contribution is 14.0. The fourth-order valence-electron chi connectivity index (χ4n) is 4.37. The predicted octanol–water partition coefficient (Wildman–Crippen LogP) is 4.74. The van der Waals surface area contributed by atoms with Crippen LogP contribution in [-0.4, -0.2) is 55.9 Å².